The summed E-state index contributed by atoms with van der Waals surface area (Å²) in [4.78, 5) is 59.6. The highest BCUT2D eigenvalue weighted by Gasteiger charge is 2.32. The number of nitrogens with two attached hydrogens (primary N) is 1. The summed E-state index contributed by atoms with van der Waals surface area (Å²) < 4.78 is 49.4. The van der Waals surface area contributed by atoms with Crippen molar-refractivity contribution in [3.63, 3.8) is 0 Å². The molecule has 0 aliphatic rings. The summed E-state index contributed by atoms with van der Waals surface area (Å²) in [6, 6.07) is 31.3. The largest absolute Gasteiger partial charge is 0.462 e. The second-order valence-corrected chi connectivity index (χ2v) is 18.2. The first-order chi connectivity index (χ1) is 37.5. The fourth-order valence-electron chi connectivity index (χ4n) is 8.13. The molecule has 6 heterocycles. The third kappa shape index (κ3) is 14.6. The lowest BCUT2D eigenvalue weighted by molar-refractivity contribution is -0.137. The number of alkyl halides is 3. The van der Waals surface area contributed by atoms with Gasteiger partial charge in [-0.2, -0.15) is 13.2 Å². The molecule has 0 saturated carbocycles. The third-order valence-corrected chi connectivity index (χ3v) is 12.1. The van der Waals surface area contributed by atoms with E-state index in [4.69, 9.17) is 10.5 Å². The van der Waals surface area contributed by atoms with Crippen molar-refractivity contribution in [2.75, 3.05) is 17.7 Å². The lowest BCUT2D eigenvalue weighted by atomic mass is 10.0. The molecule has 78 heavy (non-hydrogen) atoms. The Morgan fingerprint density at radius 2 is 1.15 bits per heavy atom. The average molecular weight is 1050 g/mol. The fraction of sp³-hybridized carbons (Fsp3) is 0.167. The maximum atomic E-state index is 13.6. The van der Waals surface area contributed by atoms with E-state index in [1.807, 2.05) is 93.1 Å². The van der Waals surface area contributed by atoms with Gasteiger partial charge in [0.15, 0.2) is 0 Å². The molecule has 0 spiro atoms. The zero-order valence-electron chi connectivity index (χ0n) is 43.7. The number of aryl methyl sites for hydroxylation is 5. The number of nitrogens with one attached hydrogen (secondary N) is 1. The van der Waals surface area contributed by atoms with Gasteiger partial charge >= 0.3 is 12.1 Å². The number of benzene rings is 4. The van der Waals surface area contributed by atoms with Crippen LogP contribution in [0.5, 0.6) is 0 Å². The Labute approximate surface area is 449 Å². The van der Waals surface area contributed by atoms with Gasteiger partial charge in [0.25, 0.3) is 5.91 Å². The number of hydrogen-bond donors (Lipinski definition) is 2. The smallest absolute Gasteiger partial charge is 0.416 e. The average Bonchev–Trinajstić information content (AvgIpc) is 4.10. The minimum Gasteiger partial charge on any atom is -0.462 e. The van der Waals surface area contributed by atoms with Crippen LogP contribution in [0.1, 0.15) is 84.1 Å². The quantitative estimate of drug-likeness (QED) is 0.0869. The molecule has 15 nitrogen and oxygen atoms in total. The highest BCUT2D eigenvalue weighted by atomic mass is 19.4. The predicted molar refractivity (Wildman–Crippen MR) is 293 cm³/mol. The molecule has 10 aromatic rings. The normalized spacial score (nSPS) is 10.9. The van der Waals surface area contributed by atoms with E-state index < -0.39 is 17.6 Å². The van der Waals surface area contributed by atoms with Crippen molar-refractivity contribution in [1.29, 1.82) is 0 Å². The van der Waals surface area contributed by atoms with Gasteiger partial charge in [0, 0.05) is 102 Å². The molecule has 0 bridgehead atoms. The number of carbonyl (C=O) groups excluding carboxylic acids is 2. The van der Waals surface area contributed by atoms with Crippen molar-refractivity contribution in [2.24, 2.45) is 0 Å². The van der Waals surface area contributed by atoms with Crippen LogP contribution >= 0.6 is 0 Å². The minimum atomic E-state index is -4.59. The van der Waals surface area contributed by atoms with Gasteiger partial charge in [0.05, 0.1) is 53.2 Å². The Kier molecular flexibility index (Phi) is 17.3. The molecule has 18 heteroatoms. The van der Waals surface area contributed by atoms with Gasteiger partial charge in [-0.3, -0.25) is 14.8 Å². The Morgan fingerprint density at radius 1 is 0.615 bits per heavy atom. The van der Waals surface area contributed by atoms with Gasteiger partial charge < -0.3 is 24.9 Å². The molecule has 0 aliphatic carbocycles. The van der Waals surface area contributed by atoms with Crippen LogP contribution in [-0.2, 0) is 23.8 Å². The molecule has 10 rings (SSSR count). The van der Waals surface area contributed by atoms with E-state index in [-0.39, 0.29) is 17.3 Å². The van der Waals surface area contributed by atoms with Gasteiger partial charge in [-0.15, -0.1) is 0 Å². The first kappa shape index (κ1) is 54.5. The fourth-order valence-corrected chi connectivity index (χ4v) is 8.13. The van der Waals surface area contributed by atoms with Crippen LogP contribution in [0.25, 0.3) is 33.9 Å². The van der Waals surface area contributed by atoms with Crippen LogP contribution in [0.2, 0.25) is 0 Å². The van der Waals surface area contributed by atoms with E-state index in [1.54, 1.807) is 93.9 Å². The number of aromatic nitrogens is 10. The molecular weight excluding hydrogens is 994 g/mol. The number of amides is 1. The van der Waals surface area contributed by atoms with E-state index >= 15 is 0 Å². The number of imidazole rings is 2. The molecule has 0 radical (unpaired) electrons. The number of nitrogen functional groups attached to an aromatic ring is 1. The molecule has 1 amide bonds. The first-order valence-electron chi connectivity index (χ1n) is 24.7. The molecule has 0 atom stereocenters. The number of anilines is 2. The summed E-state index contributed by atoms with van der Waals surface area (Å²) in [5, 5.41) is 2.62. The van der Waals surface area contributed by atoms with Gasteiger partial charge in [-0.05, 0) is 166 Å². The van der Waals surface area contributed by atoms with Crippen LogP contribution < -0.4 is 11.1 Å². The number of pyridine rings is 2. The van der Waals surface area contributed by atoms with Gasteiger partial charge in [-0.25, -0.2) is 34.7 Å². The number of nitrogens with zero attached hydrogens (tertiary/aromatic N) is 10. The summed E-state index contributed by atoms with van der Waals surface area (Å²) in [5.41, 5.74) is 17.9. The highest BCUT2D eigenvalue weighted by molar-refractivity contribution is 6.04. The van der Waals surface area contributed by atoms with Crippen molar-refractivity contribution in [3.05, 3.63) is 239 Å². The number of halogens is 3. The number of hydrogen-bond acceptors (Lipinski definition) is 12. The Bertz CT molecular complexity index is 3680. The van der Waals surface area contributed by atoms with Crippen molar-refractivity contribution in [3.8, 4) is 33.9 Å². The summed E-state index contributed by atoms with van der Waals surface area (Å²) >= 11 is 0. The van der Waals surface area contributed by atoms with E-state index in [9.17, 15) is 22.8 Å². The summed E-state index contributed by atoms with van der Waals surface area (Å²) in [5.74, 6) is 0.419. The maximum absolute atomic E-state index is 13.6. The lowest BCUT2D eigenvalue weighted by Crippen LogP contribution is -2.14. The topological polar surface area (TPSA) is 194 Å². The number of esters is 1. The van der Waals surface area contributed by atoms with Crippen LogP contribution in [0.3, 0.4) is 0 Å². The molecule has 3 N–H and O–H groups in total. The predicted octanol–water partition coefficient (Wildman–Crippen LogP) is 11.9. The maximum Gasteiger partial charge on any atom is 0.416 e. The standard InChI is InChI=1S/C29H23F3N6O.C20H19N3O2.C11H13N3/c1-18-5-6-20(10-22(18)11-27-34-9-7-26(37-27)21-4-3-8-33-15-21)28(39)36-24-12-23(29(30,31)32)13-25(14-24)38-16-19(2)35-17-38;1-3-25-20(24)15-7-6-14(2)17(11-15)12-19-22-10-8-18(23-19)16-5-4-9-21-13-16;1-8-3-10(12)5-11(4-8)14-6-9(2)13-7-14/h3-10,12-17H,11H2,1-2H3,(H,36,39);4-11,13H,3,12H2,1-2H3;3-7H,12H2,1-2H3. The van der Waals surface area contributed by atoms with Gasteiger partial charge in [0.1, 0.15) is 11.6 Å². The Hall–Kier alpha value is -9.71. The highest BCUT2D eigenvalue weighted by Crippen LogP contribution is 2.33. The third-order valence-electron chi connectivity index (χ3n) is 12.1. The van der Waals surface area contributed by atoms with Crippen molar-refractivity contribution in [1.82, 2.24) is 49.0 Å². The van der Waals surface area contributed by atoms with Crippen LogP contribution in [0.4, 0.5) is 24.5 Å². The van der Waals surface area contributed by atoms with Crippen molar-refractivity contribution >= 4 is 23.3 Å². The summed E-state index contributed by atoms with van der Waals surface area (Å²) in [6.07, 6.45) is 13.5. The molecule has 0 saturated heterocycles. The Morgan fingerprint density at radius 3 is 1.64 bits per heavy atom. The minimum absolute atomic E-state index is 0.0193. The molecule has 4 aromatic carbocycles. The van der Waals surface area contributed by atoms with E-state index in [0.717, 1.165) is 79.5 Å². The number of carbonyl (C=O) groups is 2. The zero-order chi connectivity index (χ0) is 55.3. The molecule has 0 aliphatic heterocycles. The molecule has 6 aromatic heterocycles. The lowest BCUT2D eigenvalue weighted by Gasteiger charge is -2.14. The monoisotopic (exact) mass is 1050 g/mol. The molecule has 0 fully saturated rings. The first-order valence-corrected chi connectivity index (χ1v) is 24.7. The van der Waals surface area contributed by atoms with Gasteiger partial charge in [-0.1, -0.05) is 12.1 Å². The van der Waals surface area contributed by atoms with Crippen LogP contribution in [0.15, 0.2) is 171 Å². The number of rotatable bonds is 12. The molecule has 394 valence electrons. The van der Waals surface area contributed by atoms with Crippen molar-refractivity contribution < 1.29 is 27.5 Å². The van der Waals surface area contributed by atoms with E-state index in [2.05, 4.69) is 51.3 Å². The van der Waals surface area contributed by atoms with Crippen LogP contribution in [-0.4, -0.2) is 67.5 Å². The second kappa shape index (κ2) is 24.8. The molecule has 0 unspecified atom stereocenters. The Balaban J connectivity index is 0.000000174. The van der Waals surface area contributed by atoms with Crippen molar-refractivity contribution in [2.45, 2.75) is 60.6 Å². The van der Waals surface area contributed by atoms with E-state index in [1.165, 1.54) is 17.0 Å². The number of ether oxygens (including phenoxy) is 1. The SMILES string of the molecule is CCOC(=O)c1ccc(C)c(Cc2nccc(-c3cccnc3)n2)c1.Cc1cc(N)cc(-n2cnc(C)c2)c1.Cc1cn(-c2cc(NC(=O)c3ccc(C)c(Cc4nccc(-c5cccnc5)n4)c3)cc(C(F)(F)F)c2)cn1. The second-order valence-electron chi connectivity index (χ2n) is 18.2. The molecular formula is C60H55F3N12O3. The van der Waals surface area contributed by atoms with Gasteiger partial charge in [0.2, 0.25) is 0 Å². The summed E-state index contributed by atoms with van der Waals surface area (Å²) in [6.45, 7) is 11.8. The van der Waals surface area contributed by atoms with Crippen LogP contribution in [0, 0.1) is 34.6 Å². The van der Waals surface area contributed by atoms with E-state index in [0.29, 0.717) is 47.9 Å². The zero-order valence-corrected chi connectivity index (χ0v) is 43.7. The summed E-state index contributed by atoms with van der Waals surface area (Å²) in [7, 11) is 0.